The van der Waals surface area contributed by atoms with Crippen LogP contribution in [0, 0.1) is 11.8 Å². The first kappa shape index (κ1) is 17.8. The molecule has 126 valence electrons. The van der Waals surface area contributed by atoms with E-state index in [-0.39, 0.29) is 36.2 Å². The molecule has 0 aromatic heterocycles. The van der Waals surface area contributed by atoms with Gasteiger partial charge in [0.2, 0.25) is 5.91 Å². The van der Waals surface area contributed by atoms with Gasteiger partial charge in [-0.25, -0.2) is 0 Å². The molecule has 23 heavy (non-hydrogen) atoms. The molecule has 3 atom stereocenters. The molecule has 1 heterocycles. The van der Waals surface area contributed by atoms with Crippen molar-refractivity contribution < 1.29 is 9.59 Å². The summed E-state index contributed by atoms with van der Waals surface area (Å²) >= 11 is 0. The summed E-state index contributed by atoms with van der Waals surface area (Å²) in [6, 6.07) is 7.33. The standard InChI is InChI=1S/C17H23N3O2.ClH/c1-11-8-15(11)16(21)19-13-5-2-4-12(9-13)17(22)20-7-3-6-14(20)10-18;/h2,4-5,9,11,14-15H,3,6-8,10,18H2,1H3,(H,19,21);1H. The van der Waals surface area contributed by atoms with Crippen molar-refractivity contribution in [3.63, 3.8) is 0 Å². The Balaban J connectivity index is 0.00000192. The van der Waals surface area contributed by atoms with Crippen molar-refractivity contribution in [3.05, 3.63) is 29.8 Å². The van der Waals surface area contributed by atoms with Crippen molar-refractivity contribution in [1.82, 2.24) is 4.90 Å². The molecule has 0 radical (unpaired) electrons. The molecule has 0 bridgehead atoms. The van der Waals surface area contributed by atoms with Crippen molar-refractivity contribution in [2.45, 2.75) is 32.2 Å². The molecule has 0 spiro atoms. The average Bonchev–Trinajstić information content (AvgIpc) is 3.08. The summed E-state index contributed by atoms with van der Waals surface area (Å²) in [5.74, 6) is 0.654. The van der Waals surface area contributed by atoms with Crippen molar-refractivity contribution in [3.8, 4) is 0 Å². The predicted molar refractivity (Wildman–Crippen MR) is 92.7 cm³/mol. The second kappa shape index (κ2) is 7.32. The summed E-state index contributed by atoms with van der Waals surface area (Å²) in [6.45, 7) is 3.34. The Kier molecular flexibility index (Phi) is 5.65. The zero-order chi connectivity index (χ0) is 15.7. The molecule has 3 unspecified atom stereocenters. The van der Waals surface area contributed by atoms with Crippen LogP contribution in [0.5, 0.6) is 0 Å². The number of halogens is 1. The first-order valence-electron chi connectivity index (χ1n) is 8.02. The number of carbonyl (C=O) groups is 2. The van der Waals surface area contributed by atoms with Crippen LogP contribution < -0.4 is 11.1 Å². The lowest BCUT2D eigenvalue weighted by atomic mass is 10.1. The Morgan fingerprint density at radius 2 is 2.13 bits per heavy atom. The molecule has 5 nitrogen and oxygen atoms in total. The number of rotatable bonds is 4. The van der Waals surface area contributed by atoms with Crippen LogP contribution in [0.2, 0.25) is 0 Å². The van der Waals surface area contributed by atoms with Crippen LogP contribution >= 0.6 is 12.4 Å². The van der Waals surface area contributed by atoms with Crippen LogP contribution in [0.15, 0.2) is 24.3 Å². The van der Waals surface area contributed by atoms with E-state index in [4.69, 9.17) is 5.73 Å². The summed E-state index contributed by atoms with van der Waals surface area (Å²) in [7, 11) is 0. The lowest BCUT2D eigenvalue weighted by molar-refractivity contribution is -0.117. The first-order chi connectivity index (χ1) is 10.6. The number of benzene rings is 1. The molecule has 3 rings (SSSR count). The maximum Gasteiger partial charge on any atom is 0.254 e. The smallest absolute Gasteiger partial charge is 0.254 e. The number of nitrogens with zero attached hydrogens (tertiary/aromatic N) is 1. The fourth-order valence-electron chi connectivity index (χ4n) is 3.17. The number of amides is 2. The van der Waals surface area contributed by atoms with E-state index < -0.39 is 0 Å². The van der Waals surface area contributed by atoms with Crippen molar-refractivity contribution >= 4 is 29.9 Å². The molecule has 3 N–H and O–H groups in total. The van der Waals surface area contributed by atoms with E-state index in [0.29, 0.717) is 23.7 Å². The average molecular weight is 338 g/mol. The topological polar surface area (TPSA) is 75.4 Å². The normalized spacial score (nSPS) is 25.7. The number of hydrogen-bond donors (Lipinski definition) is 2. The van der Waals surface area contributed by atoms with Gasteiger partial charge in [-0.3, -0.25) is 9.59 Å². The highest BCUT2D eigenvalue weighted by atomic mass is 35.5. The molecule has 1 aromatic carbocycles. The third-order valence-corrected chi connectivity index (χ3v) is 4.73. The Hall–Kier alpha value is -1.59. The van der Waals surface area contributed by atoms with E-state index in [1.807, 2.05) is 17.0 Å². The van der Waals surface area contributed by atoms with Crippen molar-refractivity contribution in [2.75, 3.05) is 18.4 Å². The van der Waals surface area contributed by atoms with Gasteiger partial charge in [-0.15, -0.1) is 12.4 Å². The van der Waals surface area contributed by atoms with Gasteiger partial charge in [-0.05, 0) is 43.4 Å². The second-order valence-electron chi connectivity index (χ2n) is 6.42. The third-order valence-electron chi connectivity index (χ3n) is 4.73. The minimum atomic E-state index is 0. The highest BCUT2D eigenvalue weighted by Gasteiger charge is 2.39. The molecular weight excluding hydrogens is 314 g/mol. The van der Waals surface area contributed by atoms with Crippen LogP contribution in [0.25, 0.3) is 0 Å². The molecule has 1 aromatic rings. The second-order valence-corrected chi connectivity index (χ2v) is 6.42. The minimum Gasteiger partial charge on any atom is -0.334 e. The van der Waals surface area contributed by atoms with E-state index in [0.717, 1.165) is 25.8 Å². The molecule has 1 saturated carbocycles. The zero-order valence-electron chi connectivity index (χ0n) is 13.3. The predicted octanol–water partition coefficient (Wildman–Crippen LogP) is 2.27. The minimum absolute atomic E-state index is 0. The van der Waals surface area contributed by atoms with Crippen molar-refractivity contribution in [2.24, 2.45) is 17.6 Å². The van der Waals surface area contributed by atoms with E-state index in [1.54, 1.807) is 12.1 Å². The lowest BCUT2D eigenvalue weighted by Crippen LogP contribution is -2.39. The Morgan fingerprint density at radius 3 is 2.78 bits per heavy atom. The van der Waals surface area contributed by atoms with Crippen LogP contribution in [0.4, 0.5) is 5.69 Å². The van der Waals surface area contributed by atoms with Gasteiger partial charge in [-0.1, -0.05) is 13.0 Å². The lowest BCUT2D eigenvalue weighted by Gasteiger charge is -2.23. The van der Waals surface area contributed by atoms with Crippen LogP contribution in [-0.4, -0.2) is 35.8 Å². The number of anilines is 1. The number of carbonyl (C=O) groups excluding carboxylic acids is 2. The van der Waals surface area contributed by atoms with Gasteiger partial charge in [0.15, 0.2) is 0 Å². The fourth-order valence-corrected chi connectivity index (χ4v) is 3.17. The molecule has 2 amide bonds. The third kappa shape index (κ3) is 3.85. The Labute approximate surface area is 143 Å². The van der Waals surface area contributed by atoms with E-state index in [2.05, 4.69) is 12.2 Å². The molecule has 1 saturated heterocycles. The molecule has 2 aliphatic rings. The Bertz CT molecular complexity index is 593. The highest BCUT2D eigenvalue weighted by molar-refractivity contribution is 5.98. The summed E-state index contributed by atoms with van der Waals surface area (Å²) in [6.07, 6.45) is 2.93. The van der Waals surface area contributed by atoms with Gasteiger partial charge in [0.1, 0.15) is 0 Å². The molecule has 2 fully saturated rings. The summed E-state index contributed by atoms with van der Waals surface area (Å²) < 4.78 is 0. The largest absolute Gasteiger partial charge is 0.334 e. The first-order valence-corrected chi connectivity index (χ1v) is 8.02. The summed E-state index contributed by atoms with van der Waals surface area (Å²) in [5, 5.41) is 2.91. The van der Waals surface area contributed by atoms with E-state index in [1.165, 1.54) is 0 Å². The molecule has 1 aliphatic heterocycles. The summed E-state index contributed by atoms with van der Waals surface area (Å²) in [4.78, 5) is 26.5. The maximum atomic E-state index is 12.6. The maximum absolute atomic E-state index is 12.6. The van der Waals surface area contributed by atoms with Gasteiger partial charge in [0.05, 0.1) is 0 Å². The number of nitrogens with two attached hydrogens (primary N) is 1. The number of hydrogen-bond acceptors (Lipinski definition) is 3. The van der Waals surface area contributed by atoms with Crippen LogP contribution in [0.1, 0.15) is 36.5 Å². The monoisotopic (exact) mass is 337 g/mol. The van der Waals surface area contributed by atoms with Gasteiger partial charge >= 0.3 is 0 Å². The van der Waals surface area contributed by atoms with Crippen molar-refractivity contribution in [1.29, 1.82) is 0 Å². The Morgan fingerprint density at radius 1 is 1.39 bits per heavy atom. The van der Waals surface area contributed by atoms with Gasteiger partial charge < -0.3 is 16.0 Å². The molecular formula is C17H24ClN3O2. The number of likely N-dealkylation sites (tertiary alicyclic amines) is 1. The SMILES string of the molecule is CC1CC1C(=O)Nc1cccc(C(=O)N2CCCC2CN)c1.Cl. The van der Waals surface area contributed by atoms with Crippen LogP contribution in [0.3, 0.4) is 0 Å². The quantitative estimate of drug-likeness (QED) is 0.885. The highest BCUT2D eigenvalue weighted by Crippen LogP contribution is 2.38. The van der Waals surface area contributed by atoms with Crippen LogP contribution in [-0.2, 0) is 4.79 Å². The van der Waals surface area contributed by atoms with E-state index in [9.17, 15) is 9.59 Å². The number of nitrogens with one attached hydrogen (secondary N) is 1. The zero-order valence-corrected chi connectivity index (χ0v) is 14.1. The molecule has 1 aliphatic carbocycles. The van der Waals surface area contributed by atoms with Gasteiger partial charge in [0.25, 0.3) is 5.91 Å². The van der Waals surface area contributed by atoms with Gasteiger partial charge in [0, 0.05) is 36.3 Å². The van der Waals surface area contributed by atoms with E-state index >= 15 is 0 Å². The van der Waals surface area contributed by atoms with Gasteiger partial charge in [-0.2, -0.15) is 0 Å². The summed E-state index contributed by atoms with van der Waals surface area (Å²) in [5.41, 5.74) is 7.04. The fraction of sp³-hybridized carbons (Fsp3) is 0.529. The molecule has 6 heteroatoms.